The van der Waals surface area contributed by atoms with Crippen molar-refractivity contribution in [3.05, 3.63) is 59.7 Å². The third-order valence-electron chi connectivity index (χ3n) is 5.27. The summed E-state index contributed by atoms with van der Waals surface area (Å²) < 4.78 is 5.80. The lowest BCUT2D eigenvalue weighted by Crippen LogP contribution is -2.38. The molecule has 0 spiro atoms. The molecule has 1 aliphatic heterocycles. The van der Waals surface area contributed by atoms with E-state index in [0.717, 1.165) is 37.5 Å². The molecular weight excluding hydrogens is 362 g/mol. The van der Waals surface area contributed by atoms with Gasteiger partial charge in [-0.3, -0.25) is 4.79 Å². The summed E-state index contributed by atoms with van der Waals surface area (Å²) in [6.45, 7) is 9.61. The smallest absolute Gasteiger partial charge is 0.260 e. The first-order valence-corrected chi connectivity index (χ1v) is 10.1. The van der Waals surface area contributed by atoms with Crippen molar-refractivity contribution in [2.24, 2.45) is 0 Å². The zero-order chi connectivity index (χ0) is 20.9. The molecule has 1 saturated heterocycles. The Bertz CT molecular complexity index is 878. The van der Waals surface area contributed by atoms with Gasteiger partial charge in [0, 0.05) is 31.9 Å². The molecule has 2 aromatic carbocycles. The fourth-order valence-electron chi connectivity index (χ4n) is 3.46. The SMILES string of the molecule is CC(C)(C)c1cccc(OCC(=O)N2CCCN(c3ccc(C#N)cc3)CC2)c1. The van der Waals surface area contributed by atoms with Gasteiger partial charge in [-0.15, -0.1) is 0 Å². The highest BCUT2D eigenvalue weighted by Gasteiger charge is 2.20. The standard InChI is InChI=1S/C24H29N3O2/c1-24(2,3)20-6-4-7-22(16-20)29-18-23(28)27-13-5-12-26(14-15-27)21-10-8-19(17-25)9-11-21/h4,6-11,16H,5,12-15,18H2,1-3H3. The summed E-state index contributed by atoms with van der Waals surface area (Å²) >= 11 is 0. The van der Waals surface area contributed by atoms with Crippen LogP contribution in [-0.2, 0) is 10.2 Å². The minimum atomic E-state index is 0.0211. The number of hydrogen-bond donors (Lipinski definition) is 0. The monoisotopic (exact) mass is 391 g/mol. The number of nitrogens with zero attached hydrogens (tertiary/aromatic N) is 3. The molecule has 0 saturated carbocycles. The van der Waals surface area contributed by atoms with E-state index >= 15 is 0 Å². The minimum Gasteiger partial charge on any atom is -0.484 e. The van der Waals surface area contributed by atoms with E-state index in [2.05, 4.69) is 37.8 Å². The highest BCUT2D eigenvalue weighted by molar-refractivity contribution is 5.78. The second kappa shape index (κ2) is 9.00. The molecule has 0 bridgehead atoms. The molecule has 0 aromatic heterocycles. The van der Waals surface area contributed by atoms with Gasteiger partial charge in [0.2, 0.25) is 0 Å². The number of carbonyl (C=O) groups excluding carboxylic acids is 1. The van der Waals surface area contributed by atoms with Crippen LogP contribution in [0.4, 0.5) is 5.69 Å². The van der Waals surface area contributed by atoms with Gasteiger partial charge in [0.1, 0.15) is 5.75 Å². The van der Waals surface area contributed by atoms with E-state index < -0.39 is 0 Å². The van der Waals surface area contributed by atoms with Gasteiger partial charge in [0.05, 0.1) is 11.6 Å². The molecule has 5 nitrogen and oxygen atoms in total. The van der Waals surface area contributed by atoms with E-state index in [1.165, 1.54) is 5.56 Å². The number of hydrogen-bond acceptors (Lipinski definition) is 4. The highest BCUT2D eigenvalue weighted by atomic mass is 16.5. The predicted octanol–water partition coefficient (Wildman–Crippen LogP) is 3.97. The summed E-state index contributed by atoms with van der Waals surface area (Å²) in [6.07, 6.45) is 0.908. The number of benzene rings is 2. The van der Waals surface area contributed by atoms with Gasteiger partial charge in [-0.05, 0) is 53.8 Å². The average molecular weight is 392 g/mol. The summed E-state index contributed by atoms with van der Waals surface area (Å²) in [4.78, 5) is 16.8. The van der Waals surface area contributed by atoms with Gasteiger partial charge < -0.3 is 14.5 Å². The number of carbonyl (C=O) groups is 1. The Morgan fingerprint density at radius 1 is 1.07 bits per heavy atom. The molecule has 0 aliphatic carbocycles. The van der Waals surface area contributed by atoms with E-state index in [9.17, 15) is 4.79 Å². The van der Waals surface area contributed by atoms with E-state index in [-0.39, 0.29) is 17.9 Å². The lowest BCUT2D eigenvalue weighted by molar-refractivity contribution is -0.133. The highest BCUT2D eigenvalue weighted by Crippen LogP contribution is 2.25. The average Bonchev–Trinajstić information content (AvgIpc) is 2.98. The lowest BCUT2D eigenvalue weighted by Gasteiger charge is -2.24. The Morgan fingerprint density at radius 2 is 1.83 bits per heavy atom. The summed E-state index contributed by atoms with van der Waals surface area (Å²) in [6, 6.07) is 17.7. The van der Waals surface area contributed by atoms with Crippen LogP contribution in [-0.4, -0.2) is 43.6 Å². The van der Waals surface area contributed by atoms with Crippen LogP contribution in [0.2, 0.25) is 0 Å². The maximum atomic E-state index is 12.7. The number of ether oxygens (including phenoxy) is 1. The van der Waals surface area contributed by atoms with Gasteiger partial charge >= 0.3 is 0 Å². The molecular formula is C24H29N3O2. The maximum absolute atomic E-state index is 12.7. The third-order valence-corrected chi connectivity index (χ3v) is 5.27. The normalized spacial score (nSPS) is 14.8. The van der Waals surface area contributed by atoms with Crippen LogP contribution in [0.1, 0.15) is 38.3 Å². The van der Waals surface area contributed by atoms with Crippen molar-refractivity contribution in [2.45, 2.75) is 32.6 Å². The van der Waals surface area contributed by atoms with Crippen LogP contribution in [0.5, 0.6) is 5.75 Å². The molecule has 152 valence electrons. The van der Waals surface area contributed by atoms with Crippen molar-refractivity contribution in [1.82, 2.24) is 4.90 Å². The van der Waals surface area contributed by atoms with Crippen molar-refractivity contribution in [2.75, 3.05) is 37.7 Å². The summed E-state index contributed by atoms with van der Waals surface area (Å²) in [5.74, 6) is 0.757. The molecule has 0 unspecified atom stereocenters. The van der Waals surface area contributed by atoms with E-state index in [1.54, 1.807) is 0 Å². The fraction of sp³-hybridized carbons (Fsp3) is 0.417. The first-order valence-electron chi connectivity index (χ1n) is 10.1. The zero-order valence-corrected chi connectivity index (χ0v) is 17.5. The van der Waals surface area contributed by atoms with Crippen molar-refractivity contribution < 1.29 is 9.53 Å². The molecule has 1 amide bonds. The summed E-state index contributed by atoms with van der Waals surface area (Å²) in [7, 11) is 0. The Labute approximate surface area is 173 Å². The van der Waals surface area contributed by atoms with Crippen LogP contribution >= 0.6 is 0 Å². The van der Waals surface area contributed by atoms with Gasteiger partial charge in [0.15, 0.2) is 6.61 Å². The minimum absolute atomic E-state index is 0.0211. The zero-order valence-electron chi connectivity index (χ0n) is 17.5. The van der Waals surface area contributed by atoms with Crippen molar-refractivity contribution in [3.8, 4) is 11.8 Å². The molecule has 2 aromatic rings. The molecule has 5 heteroatoms. The fourth-order valence-corrected chi connectivity index (χ4v) is 3.46. The molecule has 0 N–H and O–H groups in total. The first-order chi connectivity index (χ1) is 13.9. The van der Waals surface area contributed by atoms with Crippen molar-refractivity contribution in [3.63, 3.8) is 0 Å². The van der Waals surface area contributed by atoms with E-state index in [0.29, 0.717) is 12.1 Å². The molecule has 1 heterocycles. The van der Waals surface area contributed by atoms with Gasteiger partial charge in [-0.2, -0.15) is 5.26 Å². The molecule has 0 atom stereocenters. The second-order valence-electron chi connectivity index (χ2n) is 8.45. The van der Waals surface area contributed by atoms with Gasteiger partial charge in [-0.1, -0.05) is 32.9 Å². The Balaban J connectivity index is 1.55. The Kier molecular flexibility index (Phi) is 6.43. The molecule has 3 rings (SSSR count). The van der Waals surface area contributed by atoms with Gasteiger partial charge in [-0.25, -0.2) is 0 Å². The maximum Gasteiger partial charge on any atom is 0.260 e. The van der Waals surface area contributed by atoms with Crippen LogP contribution in [0.15, 0.2) is 48.5 Å². The van der Waals surface area contributed by atoms with Gasteiger partial charge in [0.25, 0.3) is 5.91 Å². The van der Waals surface area contributed by atoms with Crippen LogP contribution in [0, 0.1) is 11.3 Å². The Morgan fingerprint density at radius 3 is 2.52 bits per heavy atom. The van der Waals surface area contributed by atoms with Crippen molar-refractivity contribution in [1.29, 1.82) is 5.26 Å². The molecule has 29 heavy (non-hydrogen) atoms. The number of nitriles is 1. The topological polar surface area (TPSA) is 56.6 Å². The number of rotatable bonds is 4. The molecule has 1 fully saturated rings. The van der Waals surface area contributed by atoms with Crippen LogP contribution in [0.25, 0.3) is 0 Å². The molecule has 0 radical (unpaired) electrons. The van der Waals surface area contributed by atoms with Crippen molar-refractivity contribution >= 4 is 11.6 Å². The second-order valence-corrected chi connectivity index (χ2v) is 8.45. The number of amides is 1. The molecule has 1 aliphatic rings. The lowest BCUT2D eigenvalue weighted by atomic mass is 9.87. The third kappa shape index (κ3) is 5.51. The van der Waals surface area contributed by atoms with Crippen LogP contribution < -0.4 is 9.64 Å². The summed E-state index contributed by atoms with van der Waals surface area (Å²) in [5, 5.41) is 8.95. The largest absolute Gasteiger partial charge is 0.484 e. The Hall–Kier alpha value is -3.00. The number of anilines is 1. The van der Waals surface area contributed by atoms with E-state index in [4.69, 9.17) is 10.00 Å². The summed E-state index contributed by atoms with van der Waals surface area (Å²) in [5.41, 5.74) is 2.99. The first kappa shape index (κ1) is 20.7. The van der Waals surface area contributed by atoms with Crippen LogP contribution in [0.3, 0.4) is 0 Å². The van der Waals surface area contributed by atoms with E-state index in [1.807, 2.05) is 47.4 Å². The quantitative estimate of drug-likeness (QED) is 0.791. The predicted molar refractivity (Wildman–Crippen MR) is 115 cm³/mol.